The molecule has 1 saturated heterocycles. The van der Waals surface area contributed by atoms with Crippen LogP contribution in [0.3, 0.4) is 0 Å². The fraction of sp³-hybridized carbons (Fsp3) is 0.500. The Bertz CT molecular complexity index is 613. The monoisotopic (exact) mass is 309 g/mol. The van der Waals surface area contributed by atoms with Crippen molar-refractivity contribution in [3.05, 3.63) is 33.9 Å². The van der Waals surface area contributed by atoms with E-state index >= 15 is 0 Å². The number of nitro groups is 1. The molecule has 21 heavy (non-hydrogen) atoms. The minimum absolute atomic E-state index is 0.0702. The van der Waals surface area contributed by atoms with Crippen LogP contribution >= 0.6 is 12.2 Å². The van der Waals surface area contributed by atoms with Crippen LogP contribution in [0.2, 0.25) is 0 Å². The highest BCUT2D eigenvalue weighted by Crippen LogP contribution is 2.38. The van der Waals surface area contributed by atoms with Crippen LogP contribution in [-0.4, -0.2) is 26.4 Å². The van der Waals surface area contributed by atoms with Gasteiger partial charge in [-0.15, -0.1) is 0 Å². The molecule has 1 heterocycles. The van der Waals surface area contributed by atoms with Gasteiger partial charge in [-0.2, -0.15) is 0 Å². The highest BCUT2D eigenvalue weighted by molar-refractivity contribution is 7.80. The number of benzene rings is 1. The Kier molecular flexibility index (Phi) is 3.67. The van der Waals surface area contributed by atoms with Gasteiger partial charge in [-0.05, 0) is 51.5 Å². The van der Waals surface area contributed by atoms with Crippen molar-refractivity contribution in [1.82, 2.24) is 5.32 Å². The summed E-state index contributed by atoms with van der Waals surface area (Å²) in [5.74, 6) is 0. The Morgan fingerprint density at radius 2 is 2.05 bits per heavy atom. The molecule has 1 aliphatic rings. The van der Waals surface area contributed by atoms with Gasteiger partial charge in [0.2, 0.25) is 0 Å². The van der Waals surface area contributed by atoms with E-state index in [2.05, 4.69) is 5.32 Å². The second-order valence-electron chi connectivity index (χ2n) is 6.29. The van der Waals surface area contributed by atoms with Gasteiger partial charge in [-0.1, -0.05) is 6.07 Å². The van der Waals surface area contributed by atoms with Crippen molar-refractivity contribution in [3.8, 4) is 0 Å². The molecule has 0 spiro atoms. The molecule has 0 aromatic heterocycles. The number of nitrogens with one attached hydrogen (secondary N) is 1. The maximum Gasteiger partial charge on any atom is 0.293 e. The molecule has 6 nitrogen and oxygen atoms in total. The fourth-order valence-corrected chi connectivity index (χ4v) is 3.43. The van der Waals surface area contributed by atoms with Gasteiger partial charge < -0.3 is 10.4 Å². The summed E-state index contributed by atoms with van der Waals surface area (Å²) in [7, 11) is 0. The normalized spacial score (nSPS) is 24.6. The van der Waals surface area contributed by atoms with E-state index in [0.717, 1.165) is 5.56 Å². The Hall–Kier alpha value is -1.73. The molecule has 0 radical (unpaired) electrons. The molecule has 114 valence electrons. The van der Waals surface area contributed by atoms with Crippen LogP contribution in [0.15, 0.2) is 18.2 Å². The molecule has 2 rings (SSSR count). The zero-order valence-corrected chi connectivity index (χ0v) is 13.3. The van der Waals surface area contributed by atoms with Crippen molar-refractivity contribution in [2.75, 3.05) is 4.90 Å². The van der Waals surface area contributed by atoms with Gasteiger partial charge in [0.05, 0.1) is 4.92 Å². The quantitative estimate of drug-likeness (QED) is 0.496. The minimum Gasteiger partial charge on any atom is -0.371 e. The zero-order chi connectivity index (χ0) is 16.0. The lowest BCUT2D eigenvalue weighted by atomic mass is 9.89. The topological polar surface area (TPSA) is 78.6 Å². The molecule has 7 heteroatoms. The lowest BCUT2D eigenvalue weighted by Crippen LogP contribution is -2.66. The predicted molar refractivity (Wildman–Crippen MR) is 85.4 cm³/mol. The van der Waals surface area contributed by atoms with Crippen molar-refractivity contribution < 1.29 is 10.0 Å². The van der Waals surface area contributed by atoms with Gasteiger partial charge in [0, 0.05) is 18.0 Å². The zero-order valence-electron chi connectivity index (χ0n) is 12.5. The van der Waals surface area contributed by atoms with Crippen molar-refractivity contribution in [2.45, 2.75) is 45.4 Å². The lowest BCUT2D eigenvalue weighted by Gasteiger charge is -2.49. The summed E-state index contributed by atoms with van der Waals surface area (Å²) < 4.78 is 0. The first-order valence-electron chi connectivity index (χ1n) is 6.63. The first-order chi connectivity index (χ1) is 9.53. The molecule has 2 N–H and O–H groups in total. The highest BCUT2D eigenvalue weighted by Gasteiger charge is 2.45. The first-order valence-corrected chi connectivity index (χ1v) is 7.04. The third kappa shape index (κ3) is 2.98. The van der Waals surface area contributed by atoms with Crippen LogP contribution < -0.4 is 10.2 Å². The Morgan fingerprint density at radius 1 is 1.43 bits per heavy atom. The maximum absolute atomic E-state index is 11.3. The van der Waals surface area contributed by atoms with E-state index < -0.39 is 10.6 Å². The molecular formula is C14H19N3O3S. The average Bonchev–Trinajstić information content (AvgIpc) is 2.26. The number of anilines is 1. The third-order valence-corrected chi connectivity index (χ3v) is 3.76. The number of hydrogen-bond acceptors (Lipinski definition) is 4. The van der Waals surface area contributed by atoms with E-state index in [9.17, 15) is 15.2 Å². The molecule has 0 saturated carbocycles. The number of nitro benzene ring substituents is 1. The maximum atomic E-state index is 11.3. The molecule has 0 aliphatic carbocycles. The molecule has 0 unspecified atom stereocenters. The summed E-state index contributed by atoms with van der Waals surface area (Å²) in [6, 6.07) is 4.86. The number of aryl methyl sites for hydroxylation is 1. The molecule has 1 aromatic rings. The van der Waals surface area contributed by atoms with Crippen molar-refractivity contribution in [2.24, 2.45) is 0 Å². The lowest BCUT2D eigenvalue weighted by molar-refractivity contribution is -0.384. The summed E-state index contributed by atoms with van der Waals surface area (Å²) in [6.45, 7) is 7.25. The van der Waals surface area contributed by atoms with Gasteiger partial charge in [-0.3, -0.25) is 15.0 Å². The second-order valence-corrected chi connectivity index (χ2v) is 6.68. The van der Waals surface area contributed by atoms with E-state index in [1.165, 1.54) is 11.0 Å². The minimum atomic E-state index is -1.30. The second kappa shape index (κ2) is 4.92. The summed E-state index contributed by atoms with van der Waals surface area (Å²) in [4.78, 5) is 12.3. The van der Waals surface area contributed by atoms with Crippen LogP contribution in [0, 0.1) is 17.0 Å². The van der Waals surface area contributed by atoms with Crippen LogP contribution in [0.1, 0.15) is 32.8 Å². The average molecular weight is 309 g/mol. The van der Waals surface area contributed by atoms with Crippen LogP contribution in [0.25, 0.3) is 0 Å². The van der Waals surface area contributed by atoms with Gasteiger partial charge in [0.15, 0.2) is 5.11 Å². The van der Waals surface area contributed by atoms with E-state index in [-0.39, 0.29) is 16.3 Å². The van der Waals surface area contributed by atoms with Crippen LogP contribution in [0.4, 0.5) is 11.4 Å². The SMILES string of the molecule is Cc1ccc(N2C(=S)NC(C)(C)C[C@@]2(C)O)c([N+](=O)[O-])c1. The molecule has 1 atom stereocenters. The molecule has 0 bridgehead atoms. The largest absolute Gasteiger partial charge is 0.371 e. The molecular weight excluding hydrogens is 290 g/mol. The predicted octanol–water partition coefficient (Wildman–Crippen LogP) is 2.47. The Balaban J connectivity index is 2.55. The van der Waals surface area contributed by atoms with Gasteiger partial charge >= 0.3 is 0 Å². The highest BCUT2D eigenvalue weighted by atomic mass is 32.1. The summed E-state index contributed by atoms with van der Waals surface area (Å²) in [5.41, 5.74) is -0.674. The smallest absolute Gasteiger partial charge is 0.293 e. The van der Waals surface area contributed by atoms with E-state index in [4.69, 9.17) is 12.2 Å². The van der Waals surface area contributed by atoms with Crippen LogP contribution in [0.5, 0.6) is 0 Å². The number of rotatable bonds is 2. The summed E-state index contributed by atoms with van der Waals surface area (Å²) in [6.07, 6.45) is 0.380. The van der Waals surface area contributed by atoms with Gasteiger partial charge in [-0.25, -0.2) is 0 Å². The first kappa shape index (κ1) is 15.7. The van der Waals surface area contributed by atoms with Crippen molar-refractivity contribution in [3.63, 3.8) is 0 Å². The van der Waals surface area contributed by atoms with Crippen molar-refractivity contribution in [1.29, 1.82) is 0 Å². The van der Waals surface area contributed by atoms with Crippen molar-refractivity contribution >= 4 is 28.7 Å². The molecule has 0 amide bonds. The Labute approximate surface area is 128 Å². The van der Waals surface area contributed by atoms with E-state index in [1.54, 1.807) is 26.0 Å². The number of nitrogens with zero attached hydrogens (tertiary/aromatic N) is 2. The molecule has 1 aromatic carbocycles. The van der Waals surface area contributed by atoms with Gasteiger partial charge in [0.1, 0.15) is 11.4 Å². The molecule has 1 aliphatic heterocycles. The number of hydrogen-bond donors (Lipinski definition) is 2. The van der Waals surface area contributed by atoms with Crippen LogP contribution in [-0.2, 0) is 0 Å². The Morgan fingerprint density at radius 3 is 2.57 bits per heavy atom. The summed E-state index contributed by atoms with van der Waals surface area (Å²) >= 11 is 5.32. The fourth-order valence-electron chi connectivity index (χ4n) is 2.86. The third-order valence-electron chi connectivity index (χ3n) is 3.48. The van der Waals surface area contributed by atoms with E-state index in [0.29, 0.717) is 12.1 Å². The molecule has 1 fully saturated rings. The van der Waals surface area contributed by atoms with E-state index in [1.807, 2.05) is 13.8 Å². The van der Waals surface area contributed by atoms with Gasteiger partial charge in [0.25, 0.3) is 5.69 Å². The summed E-state index contributed by atoms with van der Waals surface area (Å²) in [5, 5.41) is 25.4. The number of thiocarbonyl (C=S) groups is 1. The number of aliphatic hydroxyl groups is 1. The standard InChI is InChI=1S/C14H19N3O3S/c1-9-5-6-10(11(7-9)17(19)20)16-12(21)15-13(2,3)8-14(16,4)18/h5-7,18H,8H2,1-4H3,(H,15,21)/t14-/m1/s1.